The Kier molecular flexibility index (Phi) is 6.76. The molecule has 2 aromatic rings. The minimum atomic E-state index is -3.63. The average molecular weight is 419 g/mol. The fraction of sp³-hybridized carbons (Fsp3) is 0.478. The number of rotatable bonds is 6. The van der Waals surface area contributed by atoms with Crippen LogP contribution >= 0.6 is 0 Å². The van der Waals surface area contributed by atoms with E-state index >= 15 is 0 Å². The van der Waals surface area contributed by atoms with Crippen LogP contribution in [0.5, 0.6) is 0 Å². The van der Waals surface area contributed by atoms with E-state index in [9.17, 15) is 12.8 Å². The van der Waals surface area contributed by atoms with E-state index in [0.29, 0.717) is 17.9 Å². The van der Waals surface area contributed by atoms with Crippen molar-refractivity contribution in [1.29, 1.82) is 0 Å². The first-order valence-corrected chi connectivity index (χ1v) is 11.7. The van der Waals surface area contributed by atoms with Crippen molar-refractivity contribution < 1.29 is 12.8 Å². The van der Waals surface area contributed by atoms with E-state index in [4.69, 9.17) is 0 Å². The molecule has 1 saturated heterocycles. The van der Waals surface area contributed by atoms with Crippen LogP contribution in [0.4, 0.5) is 4.39 Å². The Bertz CT molecular complexity index is 915. The summed E-state index contributed by atoms with van der Waals surface area (Å²) in [6, 6.07) is 13.6. The van der Waals surface area contributed by atoms with Gasteiger partial charge in [-0.25, -0.2) is 12.8 Å². The molecule has 0 radical (unpaired) electrons. The maximum atomic E-state index is 13.6. The molecule has 6 heteroatoms. The molecule has 1 heterocycles. The molecular weight excluding hydrogens is 387 g/mol. The minimum absolute atomic E-state index is 0.0278. The predicted octanol–water partition coefficient (Wildman–Crippen LogP) is 4.11. The van der Waals surface area contributed by atoms with Gasteiger partial charge < -0.3 is 5.32 Å². The monoisotopic (exact) mass is 418 g/mol. The van der Waals surface area contributed by atoms with E-state index < -0.39 is 10.0 Å². The van der Waals surface area contributed by atoms with E-state index in [1.165, 1.54) is 12.1 Å². The molecule has 1 fully saturated rings. The number of benzene rings is 2. The molecular formula is C23H31FN2O2S. The van der Waals surface area contributed by atoms with Crippen molar-refractivity contribution in [2.45, 2.75) is 56.4 Å². The van der Waals surface area contributed by atoms with Crippen molar-refractivity contribution in [3.8, 4) is 0 Å². The number of halogens is 1. The molecule has 2 aromatic carbocycles. The Morgan fingerprint density at radius 2 is 1.72 bits per heavy atom. The largest absolute Gasteiger partial charge is 0.317 e. The molecule has 0 amide bonds. The summed E-state index contributed by atoms with van der Waals surface area (Å²) in [7, 11) is -3.63. The zero-order valence-corrected chi connectivity index (χ0v) is 18.3. The van der Waals surface area contributed by atoms with Gasteiger partial charge in [0.2, 0.25) is 10.0 Å². The molecule has 0 aliphatic carbocycles. The van der Waals surface area contributed by atoms with Crippen LogP contribution in [-0.2, 0) is 21.9 Å². The van der Waals surface area contributed by atoms with Crippen LogP contribution in [0.25, 0.3) is 0 Å². The summed E-state index contributed by atoms with van der Waals surface area (Å²) in [5.74, 6) is -0.282. The molecule has 0 unspecified atom stereocenters. The molecule has 0 saturated carbocycles. The SMILES string of the molecule is CC(C)(C)c1cccc(S(=O)(=O)N(CCc2ccc(F)cc2)C2CCNCC2)c1. The number of hydrogen-bond donors (Lipinski definition) is 1. The highest BCUT2D eigenvalue weighted by Gasteiger charge is 2.32. The molecule has 1 aliphatic rings. The van der Waals surface area contributed by atoms with Gasteiger partial charge in [0.1, 0.15) is 5.82 Å². The van der Waals surface area contributed by atoms with Crippen LogP contribution in [0.15, 0.2) is 53.4 Å². The van der Waals surface area contributed by atoms with Gasteiger partial charge in [0, 0.05) is 12.6 Å². The van der Waals surface area contributed by atoms with Crippen molar-refractivity contribution >= 4 is 10.0 Å². The first-order valence-electron chi connectivity index (χ1n) is 10.3. The Labute approximate surface area is 174 Å². The lowest BCUT2D eigenvalue weighted by atomic mass is 9.87. The van der Waals surface area contributed by atoms with Gasteiger partial charge in [-0.3, -0.25) is 0 Å². The second kappa shape index (κ2) is 8.94. The van der Waals surface area contributed by atoms with E-state index in [-0.39, 0.29) is 17.3 Å². The zero-order valence-electron chi connectivity index (χ0n) is 17.5. The fourth-order valence-corrected chi connectivity index (χ4v) is 5.47. The van der Waals surface area contributed by atoms with Crippen LogP contribution in [0.2, 0.25) is 0 Å². The highest BCUT2D eigenvalue weighted by Crippen LogP contribution is 2.28. The second-order valence-corrected chi connectivity index (χ2v) is 10.6. The van der Waals surface area contributed by atoms with Gasteiger partial charge in [-0.05, 0) is 73.2 Å². The van der Waals surface area contributed by atoms with Crippen molar-refractivity contribution in [1.82, 2.24) is 9.62 Å². The Hall–Kier alpha value is -1.76. The molecule has 4 nitrogen and oxygen atoms in total. The Morgan fingerprint density at radius 1 is 1.07 bits per heavy atom. The number of nitrogens with one attached hydrogen (secondary N) is 1. The van der Waals surface area contributed by atoms with Gasteiger partial charge in [0.05, 0.1) is 4.90 Å². The lowest BCUT2D eigenvalue weighted by Crippen LogP contribution is -2.46. The third-order valence-corrected chi connectivity index (χ3v) is 7.50. The number of sulfonamides is 1. The molecule has 0 spiro atoms. The molecule has 0 bridgehead atoms. The lowest BCUT2D eigenvalue weighted by molar-refractivity contribution is 0.264. The van der Waals surface area contributed by atoms with Crippen molar-refractivity contribution in [2.24, 2.45) is 0 Å². The van der Waals surface area contributed by atoms with Crippen LogP contribution in [0, 0.1) is 5.82 Å². The van der Waals surface area contributed by atoms with Gasteiger partial charge in [0.25, 0.3) is 0 Å². The molecule has 0 atom stereocenters. The van der Waals surface area contributed by atoms with E-state index in [0.717, 1.165) is 37.1 Å². The van der Waals surface area contributed by atoms with Gasteiger partial charge >= 0.3 is 0 Å². The minimum Gasteiger partial charge on any atom is -0.317 e. The lowest BCUT2D eigenvalue weighted by Gasteiger charge is -2.34. The molecule has 29 heavy (non-hydrogen) atoms. The summed E-state index contributed by atoms with van der Waals surface area (Å²) in [4.78, 5) is 0.350. The molecule has 0 aromatic heterocycles. The van der Waals surface area contributed by atoms with E-state index in [1.807, 2.05) is 12.1 Å². The van der Waals surface area contributed by atoms with Crippen molar-refractivity contribution in [3.63, 3.8) is 0 Å². The summed E-state index contributed by atoms with van der Waals surface area (Å²) < 4.78 is 42.1. The summed E-state index contributed by atoms with van der Waals surface area (Å²) in [5, 5.41) is 3.31. The molecule has 1 aliphatic heterocycles. The van der Waals surface area contributed by atoms with Crippen LogP contribution in [0.1, 0.15) is 44.7 Å². The van der Waals surface area contributed by atoms with Crippen molar-refractivity contribution in [2.75, 3.05) is 19.6 Å². The maximum absolute atomic E-state index is 13.6. The first kappa shape index (κ1) is 21.9. The summed E-state index contributed by atoms with van der Waals surface area (Å²) in [5.41, 5.74) is 1.81. The van der Waals surface area contributed by atoms with Crippen molar-refractivity contribution in [3.05, 3.63) is 65.5 Å². The highest BCUT2D eigenvalue weighted by molar-refractivity contribution is 7.89. The normalized spacial score (nSPS) is 16.3. The van der Waals surface area contributed by atoms with Crippen LogP contribution in [-0.4, -0.2) is 38.4 Å². The predicted molar refractivity (Wildman–Crippen MR) is 115 cm³/mol. The fourth-order valence-electron chi connectivity index (χ4n) is 3.74. The summed E-state index contributed by atoms with van der Waals surface area (Å²) >= 11 is 0. The molecule has 158 valence electrons. The first-order chi connectivity index (χ1) is 13.7. The zero-order chi connectivity index (χ0) is 21.1. The molecule has 3 rings (SSSR count). The second-order valence-electron chi connectivity index (χ2n) is 8.75. The number of hydrogen-bond acceptors (Lipinski definition) is 3. The maximum Gasteiger partial charge on any atom is 0.243 e. The third kappa shape index (κ3) is 5.44. The number of nitrogens with zero attached hydrogens (tertiary/aromatic N) is 1. The van der Waals surface area contributed by atoms with Gasteiger partial charge in [-0.15, -0.1) is 0 Å². The smallest absolute Gasteiger partial charge is 0.243 e. The van der Waals surface area contributed by atoms with Gasteiger partial charge in [0.15, 0.2) is 0 Å². The standard InChI is InChI=1S/C23H31FN2O2S/c1-23(2,3)19-5-4-6-22(17-19)29(27,28)26(21-11-14-25-15-12-21)16-13-18-7-9-20(24)10-8-18/h4-10,17,21,25H,11-16H2,1-3H3. The van der Waals surface area contributed by atoms with E-state index in [2.05, 4.69) is 26.1 Å². The number of piperidine rings is 1. The third-order valence-electron chi connectivity index (χ3n) is 5.56. The Balaban J connectivity index is 1.90. The summed E-state index contributed by atoms with van der Waals surface area (Å²) in [6.07, 6.45) is 2.14. The summed E-state index contributed by atoms with van der Waals surface area (Å²) in [6.45, 7) is 8.26. The Morgan fingerprint density at radius 3 is 2.34 bits per heavy atom. The topological polar surface area (TPSA) is 49.4 Å². The van der Waals surface area contributed by atoms with Gasteiger partial charge in [-0.1, -0.05) is 45.0 Å². The van der Waals surface area contributed by atoms with Gasteiger partial charge in [-0.2, -0.15) is 4.31 Å². The van der Waals surface area contributed by atoms with Crippen LogP contribution < -0.4 is 5.32 Å². The van der Waals surface area contributed by atoms with Crippen LogP contribution in [0.3, 0.4) is 0 Å². The molecule has 1 N–H and O–H groups in total. The van der Waals surface area contributed by atoms with E-state index in [1.54, 1.807) is 28.6 Å². The highest BCUT2D eigenvalue weighted by atomic mass is 32.2. The quantitative estimate of drug-likeness (QED) is 0.768. The average Bonchev–Trinajstić information content (AvgIpc) is 2.70.